The van der Waals surface area contributed by atoms with Gasteiger partial charge in [0.15, 0.2) is 0 Å². The van der Waals surface area contributed by atoms with Gasteiger partial charge >= 0.3 is 6.09 Å². The zero-order valence-corrected chi connectivity index (χ0v) is 14.2. The van der Waals surface area contributed by atoms with Crippen molar-refractivity contribution in [2.45, 2.75) is 51.3 Å². The predicted molar refractivity (Wildman–Crippen MR) is 92.2 cm³/mol. The first kappa shape index (κ1) is 18.3. The van der Waals surface area contributed by atoms with E-state index in [1.165, 1.54) is 0 Å². The van der Waals surface area contributed by atoms with Gasteiger partial charge in [0, 0.05) is 18.6 Å². The molecule has 0 spiro atoms. The second-order valence-corrected chi connectivity index (χ2v) is 6.10. The van der Waals surface area contributed by atoms with E-state index in [9.17, 15) is 9.59 Å². The summed E-state index contributed by atoms with van der Waals surface area (Å²) in [6.45, 7) is 2.90. The van der Waals surface area contributed by atoms with Crippen molar-refractivity contribution in [1.82, 2.24) is 10.2 Å². The van der Waals surface area contributed by atoms with E-state index in [1.54, 1.807) is 4.90 Å². The summed E-state index contributed by atoms with van der Waals surface area (Å²) in [6.07, 6.45) is 3.18. The highest BCUT2D eigenvalue weighted by molar-refractivity contribution is 5.78. The molecule has 0 heterocycles. The molecule has 2 amide bonds. The Morgan fingerprint density at radius 3 is 2.46 bits per heavy atom. The van der Waals surface area contributed by atoms with Crippen LogP contribution in [0.15, 0.2) is 30.3 Å². The van der Waals surface area contributed by atoms with Crippen molar-refractivity contribution >= 4 is 12.0 Å². The van der Waals surface area contributed by atoms with Crippen LogP contribution in [0.4, 0.5) is 4.79 Å². The monoisotopic (exact) mass is 333 g/mol. The first-order valence-electron chi connectivity index (χ1n) is 8.60. The lowest BCUT2D eigenvalue weighted by Gasteiger charge is -2.36. The minimum Gasteiger partial charge on any atom is -0.445 e. The number of amides is 2. The number of rotatable bonds is 6. The molecule has 0 aliphatic heterocycles. The van der Waals surface area contributed by atoms with Crippen molar-refractivity contribution in [2.75, 3.05) is 13.1 Å². The number of ether oxygens (including phenoxy) is 1. The van der Waals surface area contributed by atoms with Gasteiger partial charge in [-0.15, -0.1) is 0 Å². The predicted octanol–water partition coefficient (Wildman–Crippen LogP) is 2.03. The Bertz CT molecular complexity index is 528. The number of carbonyl (C=O) groups excluding carboxylic acids is 2. The van der Waals surface area contributed by atoms with Crippen LogP contribution in [0.1, 0.15) is 38.2 Å². The highest BCUT2D eigenvalue weighted by Crippen LogP contribution is 2.24. The number of nitrogens with one attached hydrogen (secondary N) is 1. The molecule has 0 unspecified atom stereocenters. The Morgan fingerprint density at radius 1 is 1.21 bits per heavy atom. The summed E-state index contributed by atoms with van der Waals surface area (Å²) in [5.41, 5.74) is 6.31. The minimum atomic E-state index is -0.268. The molecule has 0 atom stereocenters. The molecule has 0 saturated heterocycles. The number of benzene rings is 1. The number of hydrogen-bond donors (Lipinski definition) is 2. The van der Waals surface area contributed by atoms with E-state index in [2.05, 4.69) is 5.32 Å². The summed E-state index contributed by atoms with van der Waals surface area (Å²) in [7, 11) is 0. The molecule has 0 aromatic heterocycles. The van der Waals surface area contributed by atoms with Gasteiger partial charge in [-0.1, -0.05) is 30.3 Å². The van der Waals surface area contributed by atoms with Crippen LogP contribution in [0.2, 0.25) is 0 Å². The van der Waals surface area contributed by atoms with Crippen LogP contribution < -0.4 is 11.1 Å². The maximum absolute atomic E-state index is 12.4. The second kappa shape index (κ2) is 9.27. The van der Waals surface area contributed by atoms with Crippen molar-refractivity contribution in [3.05, 3.63) is 35.9 Å². The summed E-state index contributed by atoms with van der Waals surface area (Å²) in [5.74, 6) is -0.118. The third kappa shape index (κ3) is 5.23. The third-order valence-corrected chi connectivity index (χ3v) is 4.47. The first-order chi connectivity index (χ1) is 11.6. The Morgan fingerprint density at radius 2 is 1.88 bits per heavy atom. The summed E-state index contributed by atoms with van der Waals surface area (Å²) >= 11 is 0. The Balaban J connectivity index is 1.81. The normalized spacial score (nSPS) is 20.2. The topological polar surface area (TPSA) is 84.7 Å². The average Bonchev–Trinajstić information content (AvgIpc) is 2.62. The third-order valence-electron chi connectivity index (χ3n) is 4.47. The quantitative estimate of drug-likeness (QED) is 0.834. The van der Waals surface area contributed by atoms with Crippen LogP contribution in [0.25, 0.3) is 0 Å². The maximum Gasteiger partial charge on any atom is 0.410 e. The fourth-order valence-corrected chi connectivity index (χ4v) is 3.16. The van der Waals surface area contributed by atoms with Crippen LogP contribution in [-0.4, -0.2) is 42.1 Å². The van der Waals surface area contributed by atoms with Gasteiger partial charge in [-0.3, -0.25) is 4.79 Å². The van der Waals surface area contributed by atoms with Gasteiger partial charge in [0.05, 0.1) is 6.54 Å². The van der Waals surface area contributed by atoms with Crippen LogP contribution in [0, 0.1) is 0 Å². The summed E-state index contributed by atoms with van der Waals surface area (Å²) < 4.78 is 5.44. The standard InChI is InChI=1S/C18H27N3O3/c1-2-21(18(23)24-13-14-6-4-3-5-7-14)16-10-8-15(9-11-16)20-17(22)12-19/h3-7,15-16H,2,8-13,19H2,1H3,(H,20,22). The van der Waals surface area contributed by atoms with Gasteiger partial charge in [0.25, 0.3) is 0 Å². The molecule has 132 valence electrons. The molecule has 2 rings (SSSR count). The molecule has 6 heteroatoms. The lowest BCUT2D eigenvalue weighted by molar-refractivity contribution is -0.120. The summed E-state index contributed by atoms with van der Waals surface area (Å²) in [6, 6.07) is 10.0. The SMILES string of the molecule is CCN(C(=O)OCc1ccccc1)C1CCC(NC(=O)CN)CC1. The van der Waals surface area contributed by atoms with E-state index in [0.29, 0.717) is 6.54 Å². The average molecular weight is 333 g/mol. The molecule has 1 aliphatic rings. The van der Waals surface area contributed by atoms with E-state index in [1.807, 2.05) is 37.3 Å². The molecule has 0 bridgehead atoms. The molecule has 1 aromatic carbocycles. The molecule has 3 N–H and O–H groups in total. The molecular weight excluding hydrogens is 306 g/mol. The Labute approximate surface area is 143 Å². The molecule has 1 fully saturated rings. The van der Waals surface area contributed by atoms with Crippen LogP contribution in [0.5, 0.6) is 0 Å². The molecule has 1 saturated carbocycles. The highest BCUT2D eigenvalue weighted by Gasteiger charge is 2.29. The largest absolute Gasteiger partial charge is 0.445 e. The zero-order valence-electron chi connectivity index (χ0n) is 14.2. The number of nitrogens with two attached hydrogens (primary N) is 1. The fraction of sp³-hybridized carbons (Fsp3) is 0.556. The molecule has 1 aliphatic carbocycles. The number of nitrogens with zero attached hydrogens (tertiary/aromatic N) is 1. The minimum absolute atomic E-state index is 0.0207. The maximum atomic E-state index is 12.4. The summed E-state index contributed by atoms with van der Waals surface area (Å²) in [5, 5.41) is 2.92. The number of hydrogen-bond acceptors (Lipinski definition) is 4. The lowest BCUT2D eigenvalue weighted by atomic mass is 9.90. The van der Waals surface area contributed by atoms with E-state index in [0.717, 1.165) is 31.2 Å². The van der Waals surface area contributed by atoms with Crippen LogP contribution in [-0.2, 0) is 16.1 Å². The van der Waals surface area contributed by atoms with Crippen molar-refractivity contribution in [3.63, 3.8) is 0 Å². The molecule has 0 radical (unpaired) electrons. The Kier molecular flexibility index (Phi) is 7.06. The van der Waals surface area contributed by atoms with Gasteiger partial charge in [0.1, 0.15) is 6.61 Å². The smallest absolute Gasteiger partial charge is 0.410 e. The van der Waals surface area contributed by atoms with Crippen molar-refractivity contribution in [2.24, 2.45) is 5.73 Å². The molecular formula is C18H27N3O3. The van der Waals surface area contributed by atoms with Gasteiger partial charge in [-0.25, -0.2) is 4.79 Å². The van der Waals surface area contributed by atoms with Gasteiger partial charge in [-0.2, -0.15) is 0 Å². The van der Waals surface area contributed by atoms with Crippen LogP contribution in [0.3, 0.4) is 0 Å². The molecule has 6 nitrogen and oxygen atoms in total. The van der Waals surface area contributed by atoms with E-state index >= 15 is 0 Å². The number of carbonyl (C=O) groups is 2. The van der Waals surface area contributed by atoms with E-state index in [-0.39, 0.29) is 37.2 Å². The van der Waals surface area contributed by atoms with E-state index < -0.39 is 0 Å². The van der Waals surface area contributed by atoms with Gasteiger partial charge in [0.2, 0.25) is 5.91 Å². The molecule has 24 heavy (non-hydrogen) atoms. The molecule has 1 aromatic rings. The van der Waals surface area contributed by atoms with Gasteiger partial charge in [-0.05, 0) is 38.2 Å². The lowest BCUT2D eigenvalue weighted by Crippen LogP contribution is -2.47. The van der Waals surface area contributed by atoms with Crippen molar-refractivity contribution < 1.29 is 14.3 Å². The highest BCUT2D eigenvalue weighted by atomic mass is 16.6. The van der Waals surface area contributed by atoms with Crippen LogP contribution >= 0.6 is 0 Å². The first-order valence-corrected chi connectivity index (χ1v) is 8.60. The fourth-order valence-electron chi connectivity index (χ4n) is 3.16. The van der Waals surface area contributed by atoms with Gasteiger partial charge < -0.3 is 20.7 Å². The second-order valence-electron chi connectivity index (χ2n) is 6.10. The van der Waals surface area contributed by atoms with Crippen molar-refractivity contribution in [1.29, 1.82) is 0 Å². The van der Waals surface area contributed by atoms with E-state index in [4.69, 9.17) is 10.5 Å². The zero-order chi connectivity index (χ0) is 17.4. The summed E-state index contributed by atoms with van der Waals surface area (Å²) in [4.78, 5) is 25.5. The Hall–Kier alpha value is -2.08. The van der Waals surface area contributed by atoms with Crippen molar-refractivity contribution in [3.8, 4) is 0 Å².